The lowest BCUT2D eigenvalue weighted by molar-refractivity contribution is -0.0581. The minimum Gasteiger partial charge on any atom is -0.377 e. The summed E-state index contributed by atoms with van der Waals surface area (Å²) in [4.78, 5) is 1.87. The Bertz CT molecular complexity index is 1050. The molecule has 0 radical (unpaired) electrons. The standard InChI is InChI=1S/C25H36FN5O3S/c26-21-5-3-18(4-6-21)7-8-29-35(33,34)30-25-13-19-10-20(14-25)12-24(11-19,17-25)28-16-23(32)31-9-1-2-22(31)15-27/h3-6,19-20,22-23,28-30,32H,1-2,7-14,16-17H2. The summed E-state index contributed by atoms with van der Waals surface area (Å²) in [6.07, 6.45) is 7.02. The summed E-state index contributed by atoms with van der Waals surface area (Å²) in [6, 6.07) is 8.15. The van der Waals surface area contributed by atoms with Gasteiger partial charge in [0.15, 0.2) is 0 Å². The second-order valence-electron chi connectivity index (χ2n) is 11.3. The number of hydrogen-bond donors (Lipinski definition) is 4. The molecule has 4 bridgehead atoms. The molecular formula is C25H36FN5O3S. The third-order valence-corrected chi connectivity index (χ3v) is 9.80. The Morgan fingerprint density at radius 1 is 1.17 bits per heavy atom. The number of halogens is 1. The van der Waals surface area contributed by atoms with Gasteiger partial charge in [0.1, 0.15) is 12.0 Å². The lowest BCUT2D eigenvalue weighted by atomic mass is 9.50. The number of benzene rings is 1. The lowest BCUT2D eigenvalue weighted by Gasteiger charge is -2.62. The number of β-amino-alcohol motifs (C(OH)–C–C–N with tert-alkyl or cyclic N) is 1. The summed E-state index contributed by atoms with van der Waals surface area (Å²) >= 11 is 0. The molecule has 0 spiro atoms. The van der Waals surface area contributed by atoms with Crippen LogP contribution in [0.3, 0.4) is 0 Å². The predicted octanol–water partition coefficient (Wildman–Crippen LogP) is 1.78. The first-order chi connectivity index (χ1) is 16.7. The van der Waals surface area contributed by atoms with E-state index in [1.807, 2.05) is 4.90 Å². The Labute approximate surface area is 207 Å². The molecule has 1 aromatic rings. The van der Waals surface area contributed by atoms with Gasteiger partial charge in [-0.1, -0.05) is 12.1 Å². The largest absolute Gasteiger partial charge is 0.377 e. The molecule has 0 aromatic heterocycles. The highest BCUT2D eigenvalue weighted by atomic mass is 32.2. The van der Waals surface area contributed by atoms with Crippen LogP contribution in [0.25, 0.3) is 0 Å². The average Bonchev–Trinajstić information content (AvgIpc) is 3.26. The van der Waals surface area contributed by atoms with Gasteiger partial charge in [-0.05, 0) is 87.3 Å². The highest BCUT2D eigenvalue weighted by Gasteiger charge is 2.58. The number of likely N-dealkylation sites (tertiary alicyclic amines) is 1. The monoisotopic (exact) mass is 505 g/mol. The van der Waals surface area contributed by atoms with E-state index in [0.717, 1.165) is 57.1 Å². The van der Waals surface area contributed by atoms with Crippen LogP contribution in [0.15, 0.2) is 24.3 Å². The number of hydrogen-bond acceptors (Lipinski definition) is 6. The van der Waals surface area contributed by atoms with Gasteiger partial charge in [0.05, 0.1) is 12.1 Å². The first kappa shape index (κ1) is 25.1. The first-order valence-electron chi connectivity index (χ1n) is 12.8. The van der Waals surface area contributed by atoms with Gasteiger partial charge >= 0.3 is 0 Å². The van der Waals surface area contributed by atoms with Crippen molar-refractivity contribution < 1.29 is 17.9 Å². The molecule has 8 nitrogen and oxygen atoms in total. The van der Waals surface area contributed by atoms with Gasteiger partial charge in [0.25, 0.3) is 10.2 Å². The molecule has 1 heterocycles. The molecule has 1 saturated heterocycles. The molecule has 4 atom stereocenters. The molecule has 0 amide bonds. The summed E-state index contributed by atoms with van der Waals surface area (Å²) in [6.45, 7) is 1.36. The Kier molecular flexibility index (Phi) is 6.94. The van der Waals surface area contributed by atoms with Crippen LogP contribution < -0.4 is 14.8 Å². The fraction of sp³-hybridized carbons (Fsp3) is 0.720. The van der Waals surface area contributed by atoms with E-state index >= 15 is 0 Å². The van der Waals surface area contributed by atoms with Crippen molar-refractivity contribution in [2.75, 3.05) is 19.6 Å². The molecule has 1 aromatic carbocycles. The quantitative estimate of drug-likeness (QED) is 0.385. The van der Waals surface area contributed by atoms with Crippen LogP contribution in [0.5, 0.6) is 0 Å². The highest BCUT2D eigenvalue weighted by Crippen LogP contribution is 2.57. The van der Waals surface area contributed by atoms with E-state index < -0.39 is 22.0 Å². The molecule has 1 aliphatic heterocycles. The highest BCUT2D eigenvalue weighted by molar-refractivity contribution is 7.87. The van der Waals surface area contributed by atoms with Crippen LogP contribution in [0, 0.1) is 29.0 Å². The van der Waals surface area contributed by atoms with E-state index in [9.17, 15) is 23.2 Å². The van der Waals surface area contributed by atoms with Gasteiger partial charge < -0.3 is 10.4 Å². The summed E-state index contributed by atoms with van der Waals surface area (Å²) in [5.74, 6) is 0.612. The summed E-state index contributed by atoms with van der Waals surface area (Å²) in [5, 5.41) is 23.8. The molecule has 192 valence electrons. The van der Waals surface area contributed by atoms with Crippen molar-refractivity contribution in [1.82, 2.24) is 19.7 Å². The van der Waals surface area contributed by atoms with Crippen molar-refractivity contribution in [3.05, 3.63) is 35.6 Å². The normalized spacial score (nSPS) is 35.3. The van der Waals surface area contributed by atoms with E-state index in [1.54, 1.807) is 12.1 Å². The Hall–Kier alpha value is -1.61. The molecule has 5 aliphatic rings. The maximum absolute atomic E-state index is 13.1. The number of nitriles is 1. The van der Waals surface area contributed by atoms with E-state index in [4.69, 9.17) is 0 Å². The lowest BCUT2D eigenvalue weighted by Crippen LogP contribution is -2.70. The molecule has 10 heteroatoms. The van der Waals surface area contributed by atoms with Crippen molar-refractivity contribution in [2.24, 2.45) is 11.8 Å². The van der Waals surface area contributed by atoms with Gasteiger partial charge in [-0.3, -0.25) is 4.90 Å². The number of aliphatic hydroxyl groups excluding tert-OH is 1. The van der Waals surface area contributed by atoms with Crippen molar-refractivity contribution in [3.8, 4) is 6.07 Å². The van der Waals surface area contributed by atoms with Gasteiger partial charge in [0.2, 0.25) is 0 Å². The average molecular weight is 506 g/mol. The molecule has 35 heavy (non-hydrogen) atoms. The van der Waals surface area contributed by atoms with Crippen molar-refractivity contribution in [2.45, 2.75) is 81.1 Å². The number of nitrogens with one attached hydrogen (secondary N) is 3. The van der Waals surface area contributed by atoms with Crippen molar-refractivity contribution in [3.63, 3.8) is 0 Å². The Morgan fingerprint density at radius 2 is 1.86 bits per heavy atom. The first-order valence-corrected chi connectivity index (χ1v) is 14.3. The predicted molar refractivity (Wildman–Crippen MR) is 130 cm³/mol. The van der Waals surface area contributed by atoms with Crippen LogP contribution in [0.2, 0.25) is 0 Å². The van der Waals surface area contributed by atoms with Crippen LogP contribution in [0.4, 0.5) is 4.39 Å². The van der Waals surface area contributed by atoms with Crippen LogP contribution >= 0.6 is 0 Å². The van der Waals surface area contributed by atoms with Crippen LogP contribution in [-0.4, -0.2) is 61.4 Å². The second-order valence-corrected chi connectivity index (χ2v) is 12.8. The summed E-state index contributed by atoms with van der Waals surface area (Å²) in [5.41, 5.74) is 0.207. The third kappa shape index (κ3) is 5.55. The summed E-state index contributed by atoms with van der Waals surface area (Å²) < 4.78 is 44.8. The van der Waals surface area contributed by atoms with Gasteiger partial charge in [-0.15, -0.1) is 0 Å². The number of rotatable bonds is 10. The van der Waals surface area contributed by atoms with E-state index in [-0.39, 0.29) is 23.9 Å². The smallest absolute Gasteiger partial charge is 0.277 e. The molecule has 5 fully saturated rings. The SMILES string of the molecule is N#CC1CCCN1C(O)CNC12CC3CC(C1)CC(NS(=O)(=O)NCCc1ccc(F)cc1)(C3)C2. The molecule has 4 unspecified atom stereocenters. The molecule has 4 N–H and O–H groups in total. The van der Waals surface area contributed by atoms with Crippen molar-refractivity contribution >= 4 is 10.2 Å². The number of nitrogens with zero attached hydrogens (tertiary/aromatic N) is 2. The fourth-order valence-corrected chi connectivity index (χ4v) is 8.85. The minimum atomic E-state index is -3.70. The zero-order valence-corrected chi connectivity index (χ0v) is 20.9. The zero-order valence-electron chi connectivity index (χ0n) is 20.0. The van der Waals surface area contributed by atoms with Gasteiger partial charge in [0, 0.05) is 30.7 Å². The molecule has 4 aliphatic carbocycles. The van der Waals surface area contributed by atoms with Gasteiger partial charge in [-0.25, -0.2) is 9.11 Å². The summed E-state index contributed by atoms with van der Waals surface area (Å²) in [7, 11) is -3.70. The minimum absolute atomic E-state index is 0.191. The van der Waals surface area contributed by atoms with Crippen LogP contribution in [0.1, 0.15) is 56.9 Å². The van der Waals surface area contributed by atoms with E-state index in [2.05, 4.69) is 20.8 Å². The molecule has 4 saturated carbocycles. The Balaban J connectivity index is 1.20. The van der Waals surface area contributed by atoms with Gasteiger partial charge in [-0.2, -0.15) is 18.4 Å². The Morgan fingerprint density at radius 3 is 2.54 bits per heavy atom. The molecule has 6 rings (SSSR count). The van der Waals surface area contributed by atoms with E-state index in [0.29, 0.717) is 31.2 Å². The van der Waals surface area contributed by atoms with E-state index in [1.165, 1.54) is 12.1 Å². The number of aliphatic hydroxyl groups is 1. The zero-order chi connectivity index (χ0) is 24.7. The maximum Gasteiger partial charge on any atom is 0.277 e. The van der Waals surface area contributed by atoms with Crippen molar-refractivity contribution in [1.29, 1.82) is 5.26 Å². The fourth-order valence-electron chi connectivity index (χ4n) is 7.60. The second kappa shape index (κ2) is 9.69. The van der Waals surface area contributed by atoms with Crippen LogP contribution in [-0.2, 0) is 16.6 Å². The topological polar surface area (TPSA) is 117 Å². The molecular weight excluding hydrogens is 469 g/mol. The third-order valence-electron chi connectivity index (χ3n) is 8.52. The maximum atomic E-state index is 13.1.